The molecule has 3 N–H and O–H groups in total. The van der Waals surface area contributed by atoms with Gasteiger partial charge in [0.1, 0.15) is 17.2 Å². The molecule has 0 aliphatic heterocycles. The molecule has 2 heterocycles. The van der Waals surface area contributed by atoms with Gasteiger partial charge in [-0.3, -0.25) is 9.78 Å². The van der Waals surface area contributed by atoms with Crippen molar-refractivity contribution < 1.29 is 23.5 Å². The highest BCUT2D eigenvalue weighted by Crippen LogP contribution is 2.37. The number of aromatic amines is 1. The lowest BCUT2D eigenvalue weighted by molar-refractivity contribution is 0.0488. The number of fused-ring (bicyclic) bond motifs is 1. The van der Waals surface area contributed by atoms with Crippen LogP contribution in [0.25, 0.3) is 22.2 Å². The van der Waals surface area contributed by atoms with Crippen LogP contribution in [0.5, 0.6) is 5.75 Å². The molecule has 2 aliphatic rings. The van der Waals surface area contributed by atoms with Gasteiger partial charge < -0.3 is 25.1 Å². The van der Waals surface area contributed by atoms with Crippen molar-refractivity contribution in [2.75, 3.05) is 6.61 Å². The van der Waals surface area contributed by atoms with Gasteiger partial charge in [0.15, 0.2) is 0 Å². The first-order chi connectivity index (χ1) is 18.6. The van der Waals surface area contributed by atoms with Crippen molar-refractivity contribution in [3.8, 4) is 17.0 Å². The number of rotatable bonds is 7. The molecule has 208 valence electrons. The van der Waals surface area contributed by atoms with Crippen molar-refractivity contribution in [3.63, 3.8) is 0 Å². The fourth-order valence-electron chi connectivity index (χ4n) is 5.16. The number of nitrogens with one attached hydrogen (secondary N) is 3. The Balaban J connectivity index is 1.29. The number of nitrogens with zero attached hydrogens (tertiary/aromatic N) is 1. The fraction of sp³-hybridized carbons (Fsp3) is 0.500. The second-order valence-corrected chi connectivity index (χ2v) is 11.8. The minimum Gasteiger partial charge on any atom is -0.492 e. The number of hydrogen-bond donors (Lipinski definition) is 3. The van der Waals surface area contributed by atoms with E-state index in [9.17, 15) is 14.0 Å². The Morgan fingerprint density at radius 3 is 2.41 bits per heavy atom. The summed E-state index contributed by atoms with van der Waals surface area (Å²) in [5, 5.41) is 6.88. The summed E-state index contributed by atoms with van der Waals surface area (Å²) in [6.07, 6.45) is 6.58. The van der Waals surface area contributed by atoms with Crippen molar-refractivity contribution >= 4 is 22.9 Å². The molecule has 0 bridgehead atoms. The number of hydrogen-bond acceptors (Lipinski definition) is 5. The molecule has 0 saturated heterocycles. The first-order valence-corrected chi connectivity index (χ1v) is 13.8. The van der Waals surface area contributed by atoms with E-state index in [1.54, 1.807) is 12.3 Å². The van der Waals surface area contributed by atoms with Crippen LogP contribution in [0, 0.1) is 18.7 Å². The van der Waals surface area contributed by atoms with Crippen LogP contribution < -0.4 is 15.4 Å². The predicted octanol–water partition coefficient (Wildman–Crippen LogP) is 6.03. The molecule has 39 heavy (non-hydrogen) atoms. The zero-order valence-electron chi connectivity index (χ0n) is 23.0. The first kappa shape index (κ1) is 27.0. The van der Waals surface area contributed by atoms with Crippen LogP contribution >= 0.6 is 0 Å². The maximum Gasteiger partial charge on any atom is 0.407 e. The van der Waals surface area contributed by atoms with Gasteiger partial charge in [-0.2, -0.15) is 0 Å². The molecule has 0 radical (unpaired) electrons. The number of aromatic nitrogens is 2. The zero-order chi connectivity index (χ0) is 27.7. The molecule has 2 saturated carbocycles. The van der Waals surface area contributed by atoms with E-state index in [2.05, 4.69) is 20.6 Å². The summed E-state index contributed by atoms with van der Waals surface area (Å²) in [5.74, 6) is 0.465. The summed E-state index contributed by atoms with van der Waals surface area (Å²) in [6.45, 7) is 7.94. The highest BCUT2D eigenvalue weighted by atomic mass is 19.1. The molecule has 2 aromatic heterocycles. The summed E-state index contributed by atoms with van der Waals surface area (Å²) in [7, 11) is 0. The number of amides is 2. The number of alkyl carbamates (subject to hydrolysis) is 1. The molecule has 2 fully saturated rings. The third-order valence-electron chi connectivity index (χ3n) is 7.29. The van der Waals surface area contributed by atoms with E-state index in [-0.39, 0.29) is 23.8 Å². The lowest BCUT2D eigenvalue weighted by atomic mass is 9.91. The first-order valence-electron chi connectivity index (χ1n) is 13.8. The zero-order valence-corrected chi connectivity index (χ0v) is 23.0. The largest absolute Gasteiger partial charge is 0.492 e. The third kappa shape index (κ3) is 6.52. The van der Waals surface area contributed by atoms with Crippen LogP contribution in [0.2, 0.25) is 0 Å². The number of carbonyl (C=O) groups is 2. The maximum atomic E-state index is 14.1. The van der Waals surface area contributed by atoms with Crippen LogP contribution in [0.4, 0.5) is 9.18 Å². The molecule has 3 aromatic rings. The summed E-state index contributed by atoms with van der Waals surface area (Å²) in [4.78, 5) is 33.5. The topological polar surface area (TPSA) is 105 Å². The number of H-pyrrole nitrogens is 1. The van der Waals surface area contributed by atoms with Crippen LogP contribution in [-0.4, -0.2) is 46.3 Å². The van der Waals surface area contributed by atoms with Crippen molar-refractivity contribution in [1.82, 2.24) is 20.6 Å². The normalized spacial score (nSPS) is 19.5. The lowest BCUT2D eigenvalue weighted by Gasteiger charge is -2.30. The quantitative estimate of drug-likeness (QED) is 0.342. The molecular formula is C30H37FN4O4. The molecule has 8 nitrogen and oxygen atoms in total. The minimum absolute atomic E-state index is 0.0133. The van der Waals surface area contributed by atoms with Gasteiger partial charge >= 0.3 is 6.09 Å². The molecule has 1 aromatic carbocycles. The van der Waals surface area contributed by atoms with E-state index in [4.69, 9.17) is 9.47 Å². The molecule has 5 rings (SSSR count). The molecule has 9 heteroatoms. The van der Waals surface area contributed by atoms with Crippen LogP contribution in [-0.2, 0) is 4.74 Å². The highest BCUT2D eigenvalue weighted by molar-refractivity contribution is 6.10. The average molecular weight is 537 g/mol. The van der Waals surface area contributed by atoms with Gasteiger partial charge in [-0.25, -0.2) is 9.18 Å². The number of benzene rings is 1. The SMILES string of the molecule is Cc1[nH]c2c(-c3ccc(F)cc3OCC3CC3)nccc2c1C(=O)NC1CCC(NC(=O)OC(C)(C)C)CC1. The van der Waals surface area contributed by atoms with Crippen LogP contribution in [0.3, 0.4) is 0 Å². The Morgan fingerprint density at radius 2 is 1.74 bits per heavy atom. The summed E-state index contributed by atoms with van der Waals surface area (Å²) in [5.41, 5.74) is 2.79. The van der Waals surface area contributed by atoms with Crippen molar-refractivity contribution in [2.24, 2.45) is 5.92 Å². The molecule has 0 spiro atoms. The molecule has 2 amide bonds. The van der Waals surface area contributed by atoms with Gasteiger partial charge in [0.05, 0.1) is 23.4 Å². The molecule has 0 atom stereocenters. The Labute approximate surface area is 228 Å². The van der Waals surface area contributed by atoms with Crippen LogP contribution in [0.1, 0.15) is 75.3 Å². The van der Waals surface area contributed by atoms with Gasteiger partial charge in [0, 0.05) is 41.0 Å². The Morgan fingerprint density at radius 1 is 1.05 bits per heavy atom. The molecular weight excluding hydrogens is 499 g/mol. The van der Waals surface area contributed by atoms with Gasteiger partial charge in [-0.15, -0.1) is 0 Å². The van der Waals surface area contributed by atoms with E-state index >= 15 is 0 Å². The van der Waals surface area contributed by atoms with E-state index in [1.165, 1.54) is 12.1 Å². The summed E-state index contributed by atoms with van der Waals surface area (Å²) >= 11 is 0. The third-order valence-corrected chi connectivity index (χ3v) is 7.29. The standard InChI is InChI=1S/C30H37FN4O4/c1-17-25(28(36)34-20-8-10-21(11-9-20)35-29(37)39-30(2,3)4)23-13-14-32-26(27(23)33-17)22-12-7-19(31)15-24(22)38-16-18-5-6-18/h7,12-15,18,20-21,33H,5-6,8-11,16H2,1-4H3,(H,34,36)(H,35,37). The number of carbonyl (C=O) groups excluding carboxylic acids is 2. The Kier molecular flexibility index (Phi) is 7.51. The second kappa shape index (κ2) is 10.9. The van der Waals surface area contributed by atoms with Gasteiger partial charge in [-0.1, -0.05) is 0 Å². The predicted molar refractivity (Wildman–Crippen MR) is 147 cm³/mol. The van der Waals surface area contributed by atoms with Gasteiger partial charge in [-0.05, 0) is 90.3 Å². The average Bonchev–Trinajstić information content (AvgIpc) is 3.62. The number of halogens is 1. The lowest BCUT2D eigenvalue weighted by Crippen LogP contribution is -2.45. The fourth-order valence-corrected chi connectivity index (χ4v) is 5.16. The van der Waals surface area contributed by atoms with Crippen molar-refractivity contribution in [2.45, 2.75) is 83.9 Å². The van der Waals surface area contributed by atoms with Gasteiger partial charge in [0.2, 0.25) is 0 Å². The Hall–Kier alpha value is -3.62. The van der Waals surface area contributed by atoms with E-state index in [0.29, 0.717) is 40.6 Å². The van der Waals surface area contributed by atoms with Crippen molar-refractivity contribution in [1.29, 1.82) is 0 Å². The smallest absolute Gasteiger partial charge is 0.407 e. The monoisotopic (exact) mass is 536 g/mol. The second-order valence-electron chi connectivity index (χ2n) is 11.8. The molecule has 0 unspecified atom stereocenters. The number of ether oxygens (including phenoxy) is 2. The Bertz CT molecular complexity index is 1370. The highest BCUT2D eigenvalue weighted by Gasteiger charge is 2.28. The maximum absolute atomic E-state index is 14.1. The van der Waals surface area contributed by atoms with E-state index in [0.717, 1.165) is 49.6 Å². The van der Waals surface area contributed by atoms with Crippen molar-refractivity contribution in [3.05, 3.63) is 47.5 Å². The molecule has 2 aliphatic carbocycles. The van der Waals surface area contributed by atoms with Gasteiger partial charge in [0.25, 0.3) is 5.91 Å². The summed E-state index contributed by atoms with van der Waals surface area (Å²) in [6, 6.07) is 6.35. The van der Waals surface area contributed by atoms with E-state index in [1.807, 2.05) is 33.8 Å². The number of aryl methyl sites for hydroxylation is 1. The minimum atomic E-state index is -0.538. The van der Waals surface area contributed by atoms with Crippen LogP contribution in [0.15, 0.2) is 30.5 Å². The number of pyridine rings is 1. The summed E-state index contributed by atoms with van der Waals surface area (Å²) < 4.78 is 25.4. The van der Waals surface area contributed by atoms with E-state index < -0.39 is 11.7 Å².